The predicted molar refractivity (Wildman–Crippen MR) is 93.1 cm³/mol. The standard InChI is InChI=1S/C19H25N3O3/c20-17(23)13-22(16-8-4-5-9-16)19(25)15-10-18(24)21(12-15)11-14-6-2-1-3-7-14/h1-3,6-7,15-16H,4-5,8-13H2,(H2,20,23)/t15-/m1/s1. The Hall–Kier alpha value is -2.37. The molecule has 0 bridgehead atoms. The zero-order chi connectivity index (χ0) is 17.8. The summed E-state index contributed by atoms with van der Waals surface area (Å²) >= 11 is 0. The second kappa shape index (κ2) is 7.68. The van der Waals surface area contributed by atoms with Gasteiger partial charge in [0.2, 0.25) is 17.7 Å². The average Bonchev–Trinajstić information content (AvgIpc) is 3.23. The van der Waals surface area contributed by atoms with Gasteiger partial charge in [0.15, 0.2) is 0 Å². The van der Waals surface area contributed by atoms with Crippen LogP contribution in [0.5, 0.6) is 0 Å². The second-order valence-corrected chi connectivity index (χ2v) is 7.03. The maximum atomic E-state index is 13.0. The third-order valence-electron chi connectivity index (χ3n) is 5.15. The summed E-state index contributed by atoms with van der Waals surface area (Å²) in [5, 5.41) is 0. The van der Waals surface area contributed by atoms with E-state index in [0.717, 1.165) is 31.2 Å². The fraction of sp³-hybridized carbons (Fsp3) is 0.526. The van der Waals surface area contributed by atoms with Crippen molar-refractivity contribution in [2.24, 2.45) is 11.7 Å². The molecule has 3 amide bonds. The predicted octanol–water partition coefficient (Wildman–Crippen LogP) is 1.29. The molecule has 1 aromatic carbocycles. The number of hydrogen-bond acceptors (Lipinski definition) is 3. The van der Waals surface area contributed by atoms with Gasteiger partial charge in [-0.3, -0.25) is 14.4 Å². The third-order valence-corrected chi connectivity index (χ3v) is 5.15. The van der Waals surface area contributed by atoms with E-state index in [1.54, 1.807) is 9.80 Å². The molecule has 1 heterocycles. The Bertz CT molecular complexity index is 641. The molecule has 0 spiro atoms. The van der Waals surface area contributed by atoms with E-state index in [-0.39, 0.29) is 36.7 Å². The number of benzene rings is 1. The molecular formula is C19H25N3O3. The molecule has 0 radical (unpaired) electrons. The molecule has 3 rings (SSSR count). The molecule has 1 atom stereocenters. The van der Waals surface area contributed by atoms with Gasteiger partial charge in [0.1, 0.15) is 0 Å². The van der Waals surface area contributed by atoms with Gasteiger partial charge in [-0.05, 0) is 18.4 Å². The van der Waals surface area contributed by atoms with Crippen molar-refractivity contribution in [1.82, 2.24) is 9.80 Å². The topological polar surface area (TPSA) is 83.7 Å². The molecule has 1 saturated heterocycles. The zero-order valence-electron chi connectivity index (χ0n) is 14.4. The summed E-state index contributed by atoms with van der Waals surface area (Å²) in [5.74, 6) is -0.982. The summed E-state index contributed by atoms with van der Waals surface area (Å²) in [5.41, 5.74) is 6.39. The summed E-state index contributed by atoms with van der Waals surface area (Å²) in [6.45, 7) is 0.879. The van der Waals surface area contributed by atoms with Crippen LogP contribution >= 0.6 is 0 Å². The van der Waals surface area contributed by atoms with Crippen molar-refractivity contribution in [1.29, 1.82) is 0 Å². The van der Waals surface area contributed by atoms with E-state index >= 15 is 0 Å². The Morgan fingerprint density at radius 2 is 1.84 bits per heavy atom. The van der Waals surface area contributed by atoms with Crippen molar-refractivity contribution >= 4 is 17.7 Å². The van der Waals surface area contributed by atoms with Crippen molar-refractivity contribution in [3.8, 4) is 0 Å². The number of likely N-dealkylation sites (tertiary alicyclic amines) is 1. The number of nitrogens with two attached hydrogens (primary N) is 1. The van der Waals surface area contributed by atoms with Crippen LogP contribution < -0.4 is 5.73 Å². The van der Waals surface area contributed by atoms with Gasteiger partial charge in [-0.15, -0.1) is 0 Å². The van der Waals surface area contributed by atoms with E-state index in [1.807, 2.05) is 30.3 Å². The smallest absolute Gasteiger partial charge is 0.237 e. The first kappa shape index (κ1) is 17.5. The van der Waals surface area contributed by atoms with Crippen LogP contribution in [0.4, 0.5) is 0 Å². The summed E-state index contributed by atoms with van der Waals surface area (Å²) < 4.78 is 0. The highest BCUT2D eigenvalue weighted by atomic mass is 16.2. The van der Waals surface area contributed by atoms with Crippen LogP contribution in [-0.2, 0) is 20.9 Å². The number of amides is 3. The van der Waals surface area contributed by atoms with Crippen molar-refractivity contribution in [3.05, 3.63) is 35.9 Å². The maximum Gasteiger partial charge on any atom is 0.237 e. The lowest BCUT2D eigenvalue weighted by molar-refractivity contribution is -0.141. The Labute approximate surface area is 148 Å². The molecule has 2 N–H and O–H groups in total. The Kier molecular flexibility index (Phi) is 5.36. The van der Waals surface area contributed by atoms with Gasteiger partial charge in [0.05, 0.1) is 12.5 Å². The third kappa shape index (κ3) is 4.18. The first-order chi connectivity index (χ1) is 12.0. The highest BCUT2D eigenvalue weighted by molar-refractivity contribution is 5.91. The zero-order valence-corrected chi connectivity index (χ0v) is 14.4. The van der Waals surface area contributed by atoms with Crippen molar-refractivity contribution in [2.75, 3.05) is 13.1 Å². The molecule has 1 aromatic rings. The number of carbonyl (C=O) groups excluding carboxylic acids is 3. The minimum absolute atomic E-state index is 0.00681. The van der Waals surface area contributed by atoms with Crippen LogP contribution in [0.2, 0.25) is 0 Å². The lowest BCUT2D eigenvalue weighted by atomic mass is 10.0. The first-order valence-corrected chi connectivity index (χ1v) is 8.95. The fourth-order valence-corrected chi connectivity index (χ4v) is 3.90. The molecular weight excluding hydrogens is 318 g/mol. The Morgan fingerprint density at radius 1 is 1.16 bits per heavy atom. The SMILES string of the molecule is NC(=O)CN(C(=O)[C@@H]1CC(=O)N(Cc2ccccc2)C1)C1CCCC1. The lowest BCUT2D eigenvalue weighted by Crippen LogP contribution is -2.47. The van der Waals surface area contributed by atoms with Gasteiger partial charge < -0.3 is 15.5 Å². The van der Waals surface area contributed by atoms with Crippen LogP contribution in [0.15, 0.2) is 30.3 Å². The van der Waals surface area contributed by atoms with Crippen LogP contribution in [-0.4, -0.2) is 46.7 Å². The quantitative estimate of drug-likeness (QED) is 0.845. The van der Waals surface area contributed by atoms with Crippen molar-refractivity contribution in [2.45, 2.75) is 44.7 Å². The molecule has 25 heavy (non-hydrogen) atoms. The van der Waals surface area contributed by atoms with Crippen LogP contribution in [0.1, 0.15) is 37.7 Å². The first-order valence-electron chi connectivity index (χ1n) is 8.95. The minimum Gasteiger partial charge on any atom is -0.368 e. The second-order valence-electron chi connectivity index (χ2n) is 7.03. The minimum atomic E-state index is -0.495. The summed E-state index contributed by atoms with van der Waals surface area (Å²) in [4.78, 5) is 40.0. The Morgan fingerprint density at radius 3 is 2.48 bits per heavy atom. The van der Waals surface area contributed by atoms with Crippen LogP contribution in [0, 0.1) is 5.92 Å². The molecule has 2 aliphatic rings. The van der Waals surface area contributed by atoms with E-state index in [2.05, 4.69) is 0 Å². The number of hydrogen-bond donors (Lipinski definition) is 1. The molecule has 6 heteroatoms. The summed E-state index contributed by atoms with van der Waals surface area (Å²) in [6.07, 6.45) is 4.17. The Balaban J connectivity index is 1.66. The van der Waals surface area contributed by atoms with Gasteiger partial charge in [-0.1, -0.05) is 43.2 Å². The largest absolute Gasteiger partial charge is 0.368 e. The highest BCUT2D eigenvalue weighted by Gasteiger charge is 2.39. The molecule has 2 fully saturated rings. The fourth-order valence-electron chi connectivity index (χ4n) is 3.90. The summed E-state index contributed by atoms with van der Waals surface area (Å²) in [6, 6.07) is 9.84. The monoisotopic (exact) mass is 343 g/mol. The van der Waals surface area contributed by atoms with Crippen LogP contribution in [0.25, 0.3) is 0 Å². The van der Waals surface area contributed by atoms with Gasteiger partial charge in [-0.2, -0.15) is 0 Å². The van der Waals surface area contributed by atoms with Gasteiger partial charge >= 0.3 is 0 Å². The van der Waals surface area contributed by atoms with E-state index in [4.69, 9.17) is 5.73 Å². The summed E-state index contributed by atoms with van der Waals surface area (Å²) in [7, 11) is 0. The van der Waals surface area contributed by atoms with Crippen molar-refractivity contribution < 1.29 is 14.4 Å². The number of rotatable bonds is 6. The molecule has 0 unspecified atom stereocenters. The number of primary amides is 1. The highest BCUT2D eigenvalue weighted by Crippen LogP contribution is 2.28. The molecule has 6 nitrogen and oxygen atoms in total. The molecule has 1 saturated carbocycles. The van der Waals surface area contributed by atoms with Gasteiger partial charge in [0.25, 0.3) is 0 Å². The van der Waals surface area contributed by atoms with E-state index < -0.39 is 5.91 Å². The molecule has 1 aliphatic carbocycles. The normalized spacial score (nSPS) is 20.9. The van der Waals surface area contributed by atoms with E-state index in [0.29, 0.717) is 13.1 Å². The van der Waals surface area contributed by atoms with Gasteiger partial charge in [-0.25, -0.2) is 0 Å². The number of nitrogens with zero attached hydrogens (tertiary/aromatic N) is 2. The average molecular weight is 343 g/mol. The van der Waals surface area contributed by atoms with Gasteiger partial charge in [0, 0.05) is 25.6 Å². The number of carbonyl (C=O) groups is 3. The van der Waals surface area contributed by atoms with Crippen LogP contribution in [0.3, 0.4) is 0 Å². The maximum absolute atomic E-state index is 13.0. The lowest BCUT2D eigenvalue weighted by Gasteiger charge is -2.30. The van der Waals surface area contributed by atoms with Crippen molar-refractivity contribution in [3.63, 3.8) is 0 Å². The van der Waals surface area contributed by atoms with E-state index in [1.165, 1.54) is 0 Å². The molecule has 0 aromatic heterocycles. The molecule has 1 aliphatic heterocycles. The molecule has 134 valence electrons. The van der Waals surface area contributed by atoms with E-state index in [9.17, 15) is 14.4 Å².